The van der Waals surface area contributed by atoms with E-state index in [-0.39, 0.29) is 127 Å². The second kappa shape index (κ2) is 10.9. The third-order valence-electron chi connectivity index (χ3n) is 0. The van der Waals surface area contributed by atoms with Crippen molar-refractivity contribution in [1.82, 2.24) is 0 Å². The molecule has 0 aliphatic carbocycles. The Morgan fingerprint density at radius 3 is 1.00 bits per heavy atom. The minimum absolute atomic E-state index is 0. The standard InChI is InChI=1S/HI.2K.H2O4S.2H/c;;;1-5(2,3)4;;/h1H;;;(H2,1,2,3,4);;. The summed E-state index contributed by atoms with van der Waals surface area (Å²) in [5.74, 6) is 0. The molecule has 0 aromatic heterocycles. The van der Waals surface area contributed by atoms with E-state index < -0.39 is 10.4 Å². The van der Waals surface area contributed by atoms with E-state index in [4.69, 9.17) is 17.5 Å². The Balaban J connectivity index is -0.0000000267. The van der Waals surface area contributed by atoms with Gasteiger partial charge in [0.05, 0.1) is 0 Å². The van der Waals surface area contributed by atoms with Gasteiger partial charge in [0.15, 0.2) is 0 Å². The molecule has 0 atom stereocenters. The molecule has 0 aromatic rings. The third-order valence-corrected chi connectivity index (χ3v) is 0. The number of hydrogen-bond donors (Lipinski definition) is 2. The molecule has 0 fully saturated rings. The Labute approximate surface area is 150 Å². The van der Waals surface area contributed by atoms with Gasteiger partial charge in [0.25, 0.3) is 0 Å². The molecule has 44 valence electrons. The monoisotopic (exact) mass is 306 g/mol. The predicted octanol–water partition coefficient (Wildman–Crippen LogP) is -1.33. The first-order valence-electron chi connectivity index (χ1n) is 0.698. The summed E-state index contributed by atoms with van der Waals surface area (Å²) in [4.78, 5) is 0. The fourth-order valence-corrected chi connectivity index (χ4v) is 0. The molecular formula is H5IK2O4S. The second-order valence-corrected chi connectivity index (χ2v) is 1.34. The summed E-state index contributed by atoms with van der Waals surface area (Å²) in [5.41, 5.74) is 0. The van der Waals surface area contributed by atoms with E-state index in [0.29, 0.717) is 0 Å². The molecule has 0 heterocycles. The van der Waals surface area contributed by atoms with Crippen LogP contribution in [0.15, 0.2) is 0 Å². The zero-order chi connectivity index (χ0) is 4.50. The molecule has 0 bridgehead atoms. The second-order valence-electron chi connectivity index (χ2n) is 0.448. The van der Waals surface area contributed by atoms with Crippen LogP contribution in [-0.2, 0) is 10.4 Å². The van der Waals surface area contributed by atoms with E-state index in [1.807, 2.05) is 0 Å². The van der Waals surface area contributed by atoms with Crippen LogP contribution in [0.25, 0.3) is 0 Å². The average Bonchev–Trinajstić information content (AvgIpc) is 0.722. The molecule has 0 aliphatic rings. The molecule has 0 rings (SSSR count). The van der Waals surface area contributed by atoms with Crippen LogP contribution in [0.4, 0.5) is 0 Å². The van der Waals surface area contributed by atoms with E-state index in [1.54, 1.807) is 0 Å². The molecule has 4 nitrogen and oxygen atoms in total. The SMILES string of the molecule is I.O=S(=O)(O)O.[KH].[KH]. The summed E-state index contributed by atoms with van der Waals surface area (Å²) in [6.07, 6.45) is 0. The van der Waals surface area contributed by atoms with Crippen molar-refractivity contribution in [2.45, 2.75) is 0 Å². The van der Waals surface area contributed by atoms with Crippen LogP contribution in [0, 0.1) is 0 Å². The van der Waals surface area contributed by atoms with Gasteiger partial charge in [0, 0.05) is 0 Å². The van der Waals surface area contributed by atoms with E-state index in [0.717, 1.165) is 0 Å². The summed E-state index contributed by atoms with van der Waals surface area (Å²) in [7, 11) is -4.67. The summed E-state index contributed by atoms with van der Waals surface area (Å²) >= 11 is 0. The van der Waals surface area contributed by atoms with Crippen molar-refractivity contribution < 1.29 is 17.5 Å². The van der Waals surface area contributed by atoms with Crippen LogP contribution in [-0.4, -0.2) is 120 Å². The quantitative estimate of drug-likeness (QED) is 0.330. The molecule has 0 spiro atoms. The van der Waals surface area contributed by atoms with Crippen LogP contribution in [0.5, 0.6) is 0 Å². The topological polar surface area (TPSA) is 74.6 Å². The van der Waals surface area contributed by atoms with Crippen LogP contribution in [0.2, 0.25) is 0 Å². The van der Waals surface area contributed by atoms with E-state index in [1.165, 1.54) is 0 Å². The molecule has 0 saturated carbocycles. The van der Waals surface area contributed by atoms with Crippen molar-refractivity contribution in [2.75, 3.05) is 0 Å². The van der Waals surface area contributed by atoms with Crippen LogP contribution < -0.4 is 0 Å². The van der Waals surface area contributed by atoms with Gasteiger partial charge in [-0.05, 0) is 0 Å². The fraction of sp³-hybridized carbons (Fsp3) is 0. The molecule has 0 aromatic carbocycles. The maximum atomic E-state index is 8.74. The van der Waals surface area contributed by atoms with Crippen molar-refractivity contribution >= 4 is 137 Å². The Kier molecular flexibility index (Phi) is 30.8. The molecule has 0 aliphatic heterocycles. The van der Waals surface area contributed by atoms with E-state index in [9.17, 15) is 0 Å². The molecule has 0 radical (unpaired) electrons. The summed E-state index contributed by atoms with van der Waals surface area (Å²) in [5, 5.41) is 0. The van der Waals surface area contributed by atoms with Crippen molar-refractivity contribution in [3.63, 3.8) is 0 Å². The molecule has 8 heavy (non-hydrogen) atoms. The predicted molar refractivity (Wildman–Crippen MR) is 43.9 cm³/mol. The Morgan fingerprint density at radius 1 is 1.00 bits per heavy atom. The normalized spacial score (nSPS) is 7.25. The van der Waals surface area contributed by atoms with Gasteiger partial charge in [-0.2, -0.15) is 8.42 Å². The number of hydrogen-bond acceptors (Lipinski definition) is 2. The summed E-state index contributed by atoms with van der Waals surface area (Å²) in [6, 6.07) is 0. The Hall–Kier alpha value is 3.87. The fourth-order valence-electron chi connectivity index (χ4n) is 0. The van der Waals surface area contributed by atoms with Gasteiger partial charge in [-0.1, -0.05) is 0 Å². The Bertz CT molecular complexity index is 97.2. The van der Waals surface area contributed by atoms with Crippen molar-refractivity contribution in [2.24, 2.45) is 0 Å². The van der Waals surface area contributed by atoms with Gasteiger partial charge in [0.1, 0.15) is 0 Å². The zero-order valence-corrected chi connectivity index (χ0v) is 5.67. The van der Waals surface area contributed by atoms with Crippen LogP contribution in [0.1, 0.15) is 0 Å². The number of halogens is 1. The minimum atomic E-state index is -4.67. The molecule has 0 saturated heterocycles. The van der Waals surface area contributed by atoms with E-state index in [2.05, 4.69) is 0 Å². The van der Waals surface area contributed by atoms with Gasteiger partial charge in [0.2, 0.25) is 0 Å². The summed E-state index contributed by atoms with van der Waals surface area (Å²) in [6.45, 7) is 0. The van der Waals surface area contributed by atoms with Crippen LogP contribution in [0.3, 0.4) is 0 Å². The molecule has 2 N–H and O–H groups in total. The first kappa shape index (κ1) is 22.6. The van der Waals surface area contributed by atoms with Gasteiger partial charge in [-0.15, -0.1) is 24.0 Å². The third kappa shape index (κ3) is 51.8. The van der Waals surface area contributed by atoms with Crippen molar-refractivity contribution in [3.8, 4) is 0 Å². The maximum absolute atomic E-state index is 8.74. The Morgan fingerprint density at radius 2 is 1.00 bits per heavy atom. The van der Waals surface area contributed by atoms with Crippen LogP contribution >= 0.6 is 24.0 Å². The van der Waals surface area contributed by atoms with Crippen molar-refractivity contribution in [1.29, 1.82) is 0 Å². The first-order chi connectivity index (χ1) is 2.00. The van der Waals surface area contributed by atoms with Gasteiger partial charge >= 0.3 is 113 Å². The first-order valence-corrected chi connectivity index (χ1v) is 2.10. The zero-order valence-electron chi connectivity index (χ0n) is 2.53. The number of rotatable bonds is 0. The molecule has 8 heteroatoms. The summed E-state index contributed by atoms with van der Waals surface area (Å²) < 4.78 is 31.6. The molecule has 0 unspecified atom stereocenters. The van der Waals surface area contributed by atoms with Crippen molar-refractivity contribution in [3.05, 3.63) is 0 Å². The molecule has 0 amide bonds. The molecular weight excluding hydrogens is 301 g/mol. The average molecular weight is 306 g/mol. The van der Waals surface area contributed by atoms with Gasteiger partial charge < -0.3 is 0 Å². The van der Waals surface area contributed by atoms with Gasteiger partial charge in [-0.25, -0.2) is 0 Å². The van der Waals surface area contributed by atoms with Gasteiger partial charge in [-0.3, -0.25) is 9.11 Å². The van der Waals surface area contributed by atoms with E-state index >= 15 is 0 Å².